The van der Waals surface area contributed by atoms with Crippen molar-refractivity contribution < 1.29 is 43.6 Å². The van der Waals surface area contributed by atoms with E-state index in [9.17, 15) is 48.4 Å². The molecule has 3 N–H and O–H groups in total. The van der Waals surface area contributed by atoms with Gasteiger partial charge in [-0.25, -0.2) is 4.57 Å². The lowest BCUT2D eigenvalue weighted by atomic mass is 9.75. The minimum absolute atomic E-state index is 0.00393. The van der Waals surface area contributed by atoms with Crippen molar-refractivity contribution in [3.63, 3.8) is 0 Å². The van der Waals surface area contributed by atoms with Crippen LogP contribution in [0.25, 0.3) is 16.8 Å². The molecule has 0 spiro atoms. The van der Waals surface area contributed by atoms with E-state index in [0.29, 0.717) is 21.8 Å². The number of carboxylic acid groups (broad SMARTS) is 2. The molecule has 0 saturated heterocycles. The summed E-state index contributed by atoms with van der Waals surface area (Å²) in [4.78, 5) is 91.1. The van der Waals surface area contributed by atoms with Gasteiger partial charge in [0, 0.05) is 18.3 Å². The standard InChI is InChI=1S/C34H35N2O10P/c1-20(2)18-34(31(40)41,32(42)43)26(16-4-3-7-17-35-28(37)23-13-5-6-14-24(23)29(35)38)47(45,46)33(44)36-19-22-12-8-10-21-11-9-15-25(27(21)22)30(36)39/h5-6,8-10,12-15,19-20,26H,3-4,7,11,16-18H2,1-2H3,(H,40,41)(H,42,43)(H,45,46). The zero-order valence-corrected chi connectivity index (χ0v) is 26.8. The molecule has 246 valence electrons. The number of aromatic nitrogens is 1. The van der Waals surface area contributed by atoms with Crippen LogP contribution in [-0.4, -0.2) is 66.2 Å². The summed E-state index contributed by atoms with van der Waals surface area (Å²) < 4.78 is 14.8. The molecule has 2 aromatic carbocycles. The number of hydrogen-bond acceptors (Lipinski definition) is 7. The highest BCUT2D eigenvalue weighted by molar-refractivity contribution is 7.76. The Balaban J connectivity index is 1.46. The van der Waals surface area contributed by atoms with Gasteiger partial charge in [0.05, 0.1) is 16.8 Å². The summed E-state index contributed by atoms with van der Waals surface area (Å²) in [5.41, 5.74) is -5.86. The molecule has 12 nitrogen and oxygen atoms in total. The number of benzene rings is 2. The van der Waals surface area contributed by atoms with Crippen molar-refractivity contribution >= 4 is 53.6 Å². The number of aliphatic carboxylic acids is 2. The summed E-state index contributed by atoms with van der Waals surface area (Å²) in [6.45, 7) is 3.14. The van der Waals surface area contributed by atoms with Crippen molar-refractivity contribution in [1.29, 1.82) is 0 Å². The molecule has 5 rings (SSSR count). The van der Waals surface area contributed by atoms with Crippen molar-refractivity contribution in [2.75, 3.05) is 6.54 Å². The molecule has 2 heterocycles. The average Bonchev–Trinajstić information content (AvgIpc) is 3.27. The average molecular weight is 663 g/mol. The van der Waals surface area contributed by atoms with E-state index < -0.39 is 72.2 Å². The third-order valence-corrected chi connectivity index (χ3v) is 11.3. The highest BCUT2D eigenvalue weighted by Crippen LogP contribution is 2.58. The number of fused-ring (bicyclic) bond motifs is 1. The number of hydrogen-bond donors (Lipinski definition) is 3. The Labute approximate surface area is 269 Å². The maximum Gasteiger partial charge on any atom is 0.321 e. The Hall–Kier alpha value is -4.67. The first-order valence-corrected chi connectivity index (χ1v) is 17.1. The van der Waals surface area contributed by atoms with E-state index >= 15 is 0 Å². The predicted molar refractivity (Wildman–Crippen MR) is 173 cm³/mol. The fourth-order valence-corrected chi connectivity index (χ4v) is 9.01. The first-order valence-electron chi connectivity index (χ1n) is 15.4. The molecule has 13 heteroatoms. The first-order chi connectivity index (χ1) is 22.2. The van der Waals surface area contributed by atoms with E-state index in [4.69, 9.17) is 0 Å². The zero-order chi connectivity index (χ0) is 34.3. The smallest absolute Gasteiger partial charge is 0.321 e. The summed E-state index contributed by atoms with van der Waals surface area (Å²) in [5.74, 6) is -5.22. The maximum atomic E-state index is 14.3. The molecule has 1 aliphatic heterocycles. The van der Waals surface area contributed by atoms with Crippen LogP contribution in [0.3, 0.4) is 0 Å². The fraction of sp³-hybridized carbons (Fsp3) is 0.353. The summed E-state index contributed by atoms with van der Waals surface area (Å²) in [5, 5.41) is 21.7. The number of allylic oxidation sites excluding steroid dienone is 1. The number of amides is 2. The number of pyridine rings is 1. The largest absolute Gasteiger partial charge is 0.480 e. The van der Waals surface area contributed by atoms with Gasteiger partial charge in [-0.3, -0.25) is 38.2 Å². The van der Waals surface area contributed by atoms with Gasteiger partial charge >= 0.3 is 17.6 Å². The number of carbonyl (C=O) groups excluding carboxylic acids is 3. The lowest BCUT2D eigenvalue weighted by Gasteiger charge is -2.36. The van der Waals surface area contributed by atoms with E-state index in [2.05, 4.69) is 0 Å². The van der Waals surface area contributed by atoms with Crippen LogP contribution >= 0.6 is 7.37 Å². The van der Waals surface area contributed by atoms with Gasteiger partial charge in [-0.2, -0.15) is 0 Å². The molecule has 1 aromatic heterocycles. The van der Waals surface area contributed by atoms with Crippen molar-refractivity contribution in [3.05, 3.63) is 87.3 Å². The van der Waals surface area contributed by atoms with Crippen LogP contribution in [-0.2, 0) is 20.6 Å². The minimum atomic E-state index is -5.44. The molecule has 1 aliphatic carbocycles. The van der Waals surface area contributed by atoms with Crippen molar-refractivity contribution in [1.82, 2.24) is 9.47 Å². The van der Waals surface area contributed by atoms with Gasteiger partial charge in [0.1, 0.15) is 0 Å². The second-order valence-corrected chi connectivity index (χ2v) is 14.7. The molecule has 0 saturated carbocycles. The van der Waals surface area contributed by atoms with Crippen LogP contribution in [0.2, 0.25) is 0 Å². The number of nitrogens with zero attached hydrogens (tertiary/aromatic N) is 2. The van der Waals surface area contributed by atoms with E-state index in [1.807, 2.05) is 6.07 Å². The molecular weight excluding hydrogens is 627 g/mol. The van der Waals surface area contributed by atoms with E-state index in [-0.39, 0.29) is 42.5 Å². The van der Waals surface area contributed by atoms with Gasteiger partial charge in [-0.1, -0.05) is 69.2 Å². The Kier molecular flexibility index (Phi) is 9.21. The number of rotatable bonds is 13. The van der Waals surface area contributed by atoms with Gasteiger partial charge in [0.2, 0.25) is 0 Å². The highest BCUT2D eigenvalue weighted by atomic mass is 31.2. The van der Waals surface area contributed by atoms with E-state index in [0.717, 1.165) is 16.7 Å². The fourth-order valence-electron chi connectivity index (χ4n) is 6.83. The summed E-state index contributed by atoms with van der Waals surface area (Å²) in [6.07, 6.45) is 4.35. The van der Waals surface area contributed by atoms with Crippen LogP contribution < -0.4 is 5.56 Å². The molecule has 2 atom stereocenters. The topological polar surface area (TPSA) is 188 Å². The molecule has 2 aliphatic rings. The summed E-state index contributed by atoms with van der Waals surface area (Å²) in [7, 11) is -5.44. The lowest BCUT2D eigenvalue weighted by molar-refractivity contribution is -0.166. The molecule has 0 fully saturated rings. The molecule has 2 unspecified atom stereocenters. The molecule has 0 bridgehead atoms. The van der Waals surface area contributed by atoms with Gasteiger partial charge in [0.15, 0.2) is 5.41 Å². The van der Waals surface area contributed by atoms with Crippen LogP contribution in [0.5, 0.6) is 0 Å². The van der Waals surface area contributed by atoms with Gasteiger partial charge in [-0.15, -0.1) is 0 Å². The Morgan fingerprint density at radius 2 is 1.55 bits per heavy atom. The third-order valence-electron chi connectivity index (χ3n) is 8.99. The second-order valence-electron chi connectivity index (χ2n) is 12.5. The number of unbranched alkanes of at least 4 members (excludes halogenated alkanes) is 2. The SMILES string of the molecule is CC(C)CC(C(=O)O)(C(=O)O)C(CCCCCN1C(=O)c2ccccc2C1=O)P(=O)(O)C(=O)n1cc2cccc3c2c(c1=O)C=CC3. The molecule has 2 amide bonds. The van der Waals surface area contributed by atoms with Crippen LogP contribution in [0.1, 0.15) is 77.8 Å². The minimum Gasteiger partial charge on any atom is -0.480 e. The lowest BCUT2D eigenvalue weighted by Crippen LogP contribution is -2.51. The van der Waals surface area contributed by atoms with E-state index in [1.165, 1.54) is 6.08 Å². The van der Waals surface area contributed by atoms with Crippen LogP contribution in [0.4, 0.5) is 4.79 Å². The molecule has 3 aromatic rings. The monoisotopic (exact) mass is 662 g/mol. The maximum absolute atomic E-state index is 14.3. The second kappa shape index (κ2) is 12.8. The molecular formula is C34H35N2O10P. The van der Waals surface area contributed by atoms with Crippen LogP contribution in [0.15, 0.2) is 59.5 Å². The number of carbonyl (C=O) groups is 5. The number of imide groups is 1. The molecule has 47 heavy (non-hydrogen) atoms. The van der Waals surface area contributed by atoms with Crippen LogP contribution in [0, 0.1) is 11.3 Å². The van der Waals surface area contributed by atoms with Crippen molar-refractivity contribution in [2.45, 2.75) is 58.0 Å². The predicted octanol–water partition coefficient (Wildman–Crippen LogP) is 5.24. The Morgan fingerprint density at radius 1 is 0.915 bits per heavy atom. The number of carboxylic acids is 2. The van der Waals surface area contributed by atoms with Gasteiger partial charge in [-0.05, 0) is 60.1 Å². The van der Waals surface area contributed by atoms with E-state index in [1.54, 1.807) is 56.3 Å². The first kappa shape index (κ1) is 33.7. The quantitative estimate of drug-likeness (QED) is 0.0945. The zero-order valence-electron chi connectivity index (χ0n) is 25.9. The van der Waals surface area contributed by atoms with Gasteiger partial charge < -0.3 is 15.1 Å². The van der Waals surface area contributed by atoms with Crippen molar-refractivity contribution in [2.24, 2.45) is 11.3 Å². The molecule has 0 radical (unpaired) electrons. The highest BCUT2D eigenvalue weighted by Gasteiger charge is 2.61. The van der Waals surface area contributed by atoms with Crippen molar-refractivity contribution in [3.8, 4) is 0 Å². The third kappa shape index (κ3) is 5.76. The Bertz CT molecular complexity index is 1910. The summed E-state index contributed by atoms with van der Waals surface area (Å²) >= 11 is 0. The van der Waals surface area contributed by atoms with Gasteiger partial charge in [0.25, 0.3) is 24.7 Å². The normalized spacial score (nSPS) is 16.0. The Morgan fingerprint density at radius 3 is 2.15 bits per heavy atom. The summed E-state index contributed by atoms with van der Waals surface area (Å²) in [6, 6.07) is 11.6.